The number of carbonyl (C=O) groups excluding carboxylic acids is 2. The van der Waals surface area contributed by atoms with E-state index in [4.69, 9.17) is 4.74 Å². The molecule has 1 aromatic carbocycles. The predicted molar refractivity (Wildman–Crippen MR) is 111 cm³/mol. The molecule has 0 unspecified atom stereocenters. The summed E-state index contributed by atoms with van der Waals surface area (Å²) in [6.07, 6.45) is 8.92. The Morgan fingerprint density at radius 3 is 2.55 bits per heavy atom. The summed E-state index contributed by atoms with van der Waals surface area (Å²) in [5, 5.41) is 3.13. The fourth-order valence-corrected chi connectivity index (χ4v) is 5.16. The maximum Gasteiger partial charge on any atom is 0.225 e. The van der Waals surface area contributed by atoms with Gasteiger partial charge in [-0.2, -0.15) is 0 Å². The van der Waals surface area contributed by atoms with Crippen molar-refractivity contribution < 1.29 is 14.3 Å². The first kappa shape index (κ1) is 19.0. The largest absolute Gasteiger partial charge is 0.487 e. The number of hydrogen-bond acceptors (Lipinski definition) is 3. The zero-order valence-corrected chi connectivity index (χ0v) is 17.2. The lowest BCUT2D eigenvalue weighted by atomic mass is 9.75. The van der Waals surface area contributed by atoms with Crippen LogP contribution in [0.4, 0.5) is 0 Å². The number of nitrogens with zero attached hydrogens (tertiary/aromatic N) is 1. The minimum Gasteiger partial charge on any atom is -0.487 e. The van der Waals surface area contributed by atoms with Crippen LogP contribution in [0.25, 0.3) is 0 Å². The molecule has 2 aliphatic carbocycles. The first-order valence-corrected chi connectivity index (χ1v) is 11.5. The maximum absolute atomic E-state index is 12.6. The van der Waals surface area contributed by atoms with Gasteiger partial charge in [-0.05, 0) is 49.7 Å². The molecule has 2 amide bonds. The predicted octanol–water partition coefficient (Wildman–Crippen LogP) is 3.63. The van der Waals surface area contributed by atoms with Gasteiger partial charge in [0.05, 0.1) is 0 Å². The normalized spacial score (nSPS) is 25.7. The number of rotatable bonds is 5. The van der Waals surface area contributed by atoms with E-state index in [1.807, 2.05) is 18.2 Å². The van der Waals surface area contributed by atoms with E-state index in [1.54, 1.807) is 0 Å². The van der Waals surface area contributed by atoms with Crippen LogP contribution in [0, 0.1) is 11.8 Å². The average molecular weight is 397 g/mol. The summed E-state index contributed by atoms with van der Waals surface area (Å²) in [5.74, 6) is 2.58. The van der Waals surface area contributed by atoms with Gasteiger partial charge in [0.1, 0.15) is 11.4 Å². The van der Waals surface area contributed by atoms with Gasteiger partial charge in [-0.3, -0.25) is 9.59 Å². The van der Waals surface area contributed by atoms with Crippen LogP contribution in [-0.2, 0) is 9.59 Å². The fourth-order valence-electron chi connectivity index (χ4n) is 5.16. The molecule has 2 heterocycles. The molecule has 1 atom stereocenters. The smallest absolute Gasteiger partial charge is 0.225 e. The summed E-state index contributed by atoms with van der Waals surface area (Å²) in [6, 6.07) is 8.19. The third-order valence-electron chi connectivity index (χ3n) is 7.46. The van der Waals surface area contributed by atoms with E-state index in [9.17, 15) is 9.59 Å². The number of nitrogens with one attached hydrogen (secondary N) is 1. The molecule has 0 aromatic heterocycles. The SMILES string of the molecule is O=C(C[C@@H]1CC2(CCN(C(=O)C3CCC3)CC2)Oc2ccccc21)NCC1CC1. The number of carbonyl (C=O) groups is 2. The number of benzene rings is 1. The van der Waals surface area contributed by atoms with Crippen molar-refractivity contribution in [3.8, 4) is 5.75 Å². The van der Waals surface area contributed by atoms with Crippen molar-refractivity contribution in [1.29, 1.82) is 0 Å². The quantitative estimate of drug-likeness (QED) is 0.827. The molecule has 1 N–H and O–H groups in total. The second-order valence-corrected chi connectivity index (χ2v) is 9.63. The summed E-state index contributed by atoms with van der Waals surface area (Å²) < 4.78 is 6.54. The molecule has 29 heavy (non-hydrogen) atoms. The first-order valence-electron chi connectivity index (χ1n) is 11.5. The molecule has 3 fully saturated rings. The molecule has 0 radical (unpaired) electrons. The van der Waals surface area contributed by atoms with Crippen molar-refractivity contribution in [2.75, 3.05) is 19.6 Å². The Labute approximate surface area is 173 Å². The first-order chi connectivity index (χ1) is 14.1. The molecule has 0 bridgehead atoms. The zero-order chi connectivity index (χ0) is 19.8. The lowest BCUT2D eigenvalue weighted by Gasteiger charge is -2.47. The summed E-state index contributed by atoms with van der Waals surface area (Å²) in [4.78, 5) is 27.3. The minimum absolute atomic E-state index is 0.159. The van der Waals surface area contributed by atoms with E-state index in [0.717, 1.165) is 63.1 Å². The van der Waals surface area contributed by atoms with Gasteiger partial charge in [0.15, 0.2) is 0 Å². The highest BCUT2D eigenvalue weighted by Gasteiger charge is 2.45. The van der Waals surface area contributed by atoms with Crippen molar-refractivity contribution >= 4 is 11.8 Å². The van der Waals surface area contributed by atoms with Crippen molar-refractivity contribution in [3.05, 3.63) is 29.8 Å². The van der Waals surface area contributed by atoms with E-state index >= 15 is 0 Å². The van der Waals surface area contributed by atoms with E-state index in [-0.39, 0.29) is 23.3 Å². The van der Waals surface area contributed by atoms with Gasteiger partial charge < -0.3 is 15.0 Å². The fraction of sp³-hybridized carbons (Fsp3) is 0.667. The van der Waals surface area contributed by atoms with Crippen LogP contribution < -0.4 is 10.1 Å². The van der Waals surface area contributed by atoms with Crippen LogP contribution in [0.15, 0.2) is 24.3 Å². The van der Waals surface area contributed by atoms with Crippen molar-refractivity contribution in [1.82, 2.24) is 10.2 Å². The topological polar surface area (TPSA) is 58.6 Å². The van der Waals surface area contributed by atoms with Crippen LogP contribution >= 0.6 is 0 Å². The number of fused-ring (bicyclic) bond motifs is 1. The third kappa shape index (κ3) is 4.01. The Balaban J connectivity index is 1.26. The van der Waals surface area contributed by atoms with Crippen LogP contribution in [-0.4, -0.2) is 41.9 Å². The van der Waals surface area contributed by atoms with E-state index < -0.39 is 0 Å². The summed E-state index contributed by atoms with van der Waals surface area (Å²) in [5.41, 5.74) is 0.916. The molecule has 2 saturated carbocycles. The van der Waals surface area contributed by atoms with Gasteiger partial charge in [-0.15, -0.1) is 0 Å². The number of ether oxygens (including phenoxy) is 1. The number of piperidine rings is 1. The van der Waals surface area contributed by atoms with Crippen LogP contribution in [0.1, 0.15) is 69.3 Å². The minimum atomic E-state index is -0.244. The lowest BCUT2D eigenvalue weighted by molar-refractivity contribution is -0.142. The molecule has 5 heteroatoms. The van der Waals surface area contributed by atoms with E-state index in [2.05, 4.69) is 16.3 Å². The Kier molecular flexibility index (Phi) is 5.00. The standard InChI is InChI=1S/C24H32N2O3/c27-22(25-16-17-8-9-17)14-19-15-24(29-21-7-2-1-6-20(19)21)10-12-26(13-11-24)23(28)18-4-3-5-18/h1-2,6-7,17-19H,3-5,8-16H2,(H,25,27)/t19-/m1/s1. The molecule has 1 aromatic rings. The lowest BCUT2D eigenvalue weighted by Crippen LogP contribution is -2.53. The number of likely N-dealkylation sites (tertiary alicyclic amines) is 1. The molecule has 2 aliphatic heterocycles. The molecule has 1 saturated heterocycles. The van der Waals surface area contributed by atoms with Gasteiger partial charge in [0, 0.05) is 50.7 Å². The van der Waals surface area contributed by atoms with Crippen molar-refractivity contribution in [2.45, 2.75) is 69.3 Å². The van der Waals surface area contributed by atoms with Gasteiger partial charge in [-0.1, -0.05) is 24.6 Å². The zero-order valence-electron chi connectivity index (χ0n) is 17.2. The van der Waals surface area contributed by atoms with Crippen LogP contribution in [0.3, 0.4) is 0 Å². The highest BCUT2D eigenvalue weighted by atomic mass is 16.5. The number of para-hydroxylation sites is 1. The van der Waals surface area contributed by atoms with E-state index in [1.165, 1.54) is 19.3 Å². The molecule has 4 aliphatic rings. The van der Waals surface area contributed by atoms with Crippen LogP contribution in [0.2, 0.25) is 0 Å². The second kappa shape index (κ2) is 7.66. The monoisotopic (exact) mass is 396 g/mol. The average Bonchev–Trinajstić information content (AvgIpc) is 3.50. The van der Waals surface area contributed by atoms with Gasteiger partial charge >= 0.3 is 0 Å². The Morgan fingerprint density at radius 2 is 1.86 bits per heavy atom. The van der Waals surface area contributed by atoms with Crippen molar-refractivity contribution in [3.63, 3.8) is 0 Å². The Morgan fingerprint density at radius 1 is 1.10 bits per heavy atom. The third-order valence-corrected chi connectivity index (χ3v) is 7.46. The van der Waals surface area contributed by atoms with Gasteiger partial charge in [-0.25, -0.2) is 0 Å². The molecule has 1 spiro atoms. The summed E-state index contributed by atoms with van der Waals surface area (Å²) >= 11 is 0. The van der Waals surface area contributed by atoms with Gasteiger partial charge in [0.2, 0.25) is 11.8 Å². The number of amides is 2. The molecule has 5 nitrogen and oxygen atoms in total. The summed E-state index contributed by atoms with van der Waals surface area (Å²) in [6.45, 7) is 2.38. The molecule has 156 valence electrons. The second-order valence-electron chi connectivity index (χ2n) is 9.63. The highest BCUT2D eigenvalue weighted by Crippen LogP contribution is 2.46. The number of hydrogen-bond donors (Lipinski definition) is 1. The molecule has 5 rings (SSSR count). The Hall–Kier alpha value is -2.04. The van der Waals surface area contributed by atoms with Gasteiger partial charge in [0.25, 0.3) is 0 Å². The molecular formula is C24H32N2O3. The van der Waals surface area contributed by atoms with Crippen molar-refractivity contribution in [2.24, 2.45) is 11.8 Å². The highest BCUT2D eigenvalue weighted by molar-refractivity contribution is 5.79. The van der Waals surface area contributed by atoms with Crippen LogP contribution in [0.5, 0.6) is 5.75 Å². The Bertz CT molecular complexity index is 776. The summed E-state index contributed by atoms with van der Waals surface area (Å²) in [7, 11) is 0. The van der Waals surface area contributed by atoms with E-state index in [0.29, 0.717) is 18.2 Å². The maximum atomic E-state index is 12.6. The molecular weight excluding hydrogens is 364 g/mol.